The minimum atomic E-state index is -0.751. The second kappa shape index (κ2) is 13.2. The van der Waals surface area contributed by atoms with E-state index in [4.69, 9.17) is 16.2 Å². The molecule has 0 aliphatic carbocycles. The van der Waals surface area contributed by atoms with Gasteiger partial charge in [-0.2, -0.15) is 0 Å². The fourth-order valence-corrected chi connectivity index (χ4v) is 6.63. The molecule has 15 nitrogen and oxygen atoms in total. The summed E-state index contributed by atoms with van der Waals surface area (Å²) in [6.45, 7) is 3.94. The van der Waals surface area contributed by atoms with E-state index in [1.807, 2.05) is 12.3 Å². The standard InChI is InChI=1S/C32H29N9O6S2/c1-15-8-23(48-13-15)28(45)38-31-37-20-10-18(27(34)44)12-22(47-3)25(20)41(31)7-5-4-6-40-24-19(9-17(26(33)43)11-21(24)42)36-32(40)39-29(46)30-35-16(2)14-49-30/h4-5,8-14,42H,6-7H2,1-3H3,(H2,33,43)(H2,34,44)(H,36,39,46)(H,37,38,45)/b5-4+. The lowest BCUT2D eigenvalue weighted by Gasteiger charge is -2.11. The van der Waals surface area contributed by atoms with E-state index in [0.29, 0.717) is 27.4 Å². The van der Waals surface area contributed by atoms with E-state index >= 15 is 0 Å². The van der Waals surface area contributed by atoms with Crippen molar-refractivity contribution in [2.45, 2.75) is 26.9 Å². The number of rotatable bonds is 11. The van der Waals surface area contributed by atoms with Crippen LogP contribution < -0.4 is 26.8 Å². The number of amides is 4. The van der Waals surface area contributed by atoms with Crippen LogP contribution in [0.1, 0.15) is 51.4 Å². The average Bonchev–Trinajstić information content (AvgIpc) is 3.84. The summed E-state index contributed by atoms with van der Waals surface area (Å²) in [5.41, 5.74) is 14.2. The molecule has 0 fully saturated rings. The summed E-state index contributed by atoms with van der Waals surface area (Å²) in [7, 11) is 1.45. The normalized spacial score (nSPS) is 11.4. The topological polar surface area (TPSA) is 222 Å². The van der Waals surface area contributed by atoms with Crippen LogP contribution in [-0.4, -0.2) is 59.9 Å². The molecule has 0 atom stereocenters. The van der Waals surface area contributed by atoms with Gasteiger partial charge in [-0.3, -0.25) is 29.8 Å². The Balaban J connectivity index is 1.36. The van der Waals surface area contributed by atoms with Gasteiger partial charge in [-0.05, 0) is 55.1 Å². The zero-order chi connectivity index (χ0) is 35.0. The summed E-state index contributed by atoms with van der Waals surface area (Å²) in [4.78, 5) is 63.8. The van der Waals surface area contributed by atoms with Crippen molar-refractivity contribution >= 4 is 80.3 Å². The van der Waals surface area contributed by atoms with Gasteiger partial charge in [0.15, 0.2) is 5.01 Å². The molecule has 4 aromatic heterocycles. The highest BCUT2D eigenvalue weighted by Crippen LogP contribution is 2.32. The van der Waals surface area contributed by atoms with Crippen LogP contribution >= 0.6 is 22.7 Å². The third-order valence-electron chi connectivity index (χ3n) is 7.38. The van der Waals surface area contributed by atoms with E-state index < -0.39 is 17.7 Å². The van der Waals surface area contributed by atoms with Gasteiger partial charge in [0, 0.05) is 35.3 Å². The molecule has 17 heteroatoms. The van der Waals surface area contributed by atoms with Crippen LogP contribution in [-0.2, 0) is 13.1 Å². The number of carbonyl (C=O) groups is 4. The van der Waals surface area contributed by atoms with Crippen molar-refractivity contribution in [3.05, 3.63) is 85.5 Å². The number of nitrogens with zero attached hydrogens (tertiary/aromatic N) is 5. The number of allylic oxidation sites excluding steroid dienone is 2. The quantitative estimate of drug-likeness (QED) is 0.122. The molecule has 0 aliphatic rings. The number of benzene rings is 2. The van der Waals surface area contributed by atoms with Gasteiger partial charge >= 0.3 is 0 Å². The molecule has 2 aromatic carbocycles. The third kappa shape index (κ3) is 6.56. The van der Waals surface area contributed by atoms with Gasteiger partial charge in [-0.25, -0.2) is 15.0 Å². The number of nitrogens with one attached hydrogen (secondary N) is 2. The predicted octanol–water partition coefficient (Wildman–Crippen LogP) is 4.19. The van der Waals surface area contributed by atoms with E-state index in [9.17, 15) is 24.3 Å². The Morgan fingerprint density at radius 1 is 0.816 bits per heavy atom. The summed E-state index contributed by atoms with van der Waals surface area (Å²) >= 11 is 2.47. The number of aromatic nitrogens is 5. The Kier molecular flexibility index (Phi) is 8.86. The lowest BCUT2D eigenvalue weighted by molar-refractivity contribution is 0.0991. The molecule has 4 heterocycles. The number of methoxy groups -OCH3 is 1. The number of ether oxygens (including phenoxy) is 1. The number of aryl methyl sites for hydroxylation is 2. The molecule has 0 spiro atoms. The van der Waals surface area contributed by atoms with Crippen molar-refractivity contribution < 1.29 is 29.0 Å². The van der Waals surface area contributed by atoms with E-state index in [0.717, 1.165) is 5.56 Å². The molecule has 250 valence electrons. The summed E-state index contributed by atoms with van der Waals surface area (Å²) in [5.74, 6) is -1.92. The van der Waals surface area contributed by atoms with E-state index in [1.54, 1.807) is 39.7 Å². The Morgan fingerprint density at radius 3 is 1.96 bits per heavy atom. The fraction of sp³-hybridized carbons (Fsp3) is 0.156. The number of carbonyl (C=O) groups excluding carboxylic acids is 4. The van der Waals surface area contributed by atoms with Gasteiger partial charge in [0.1, 0.15) is 22.5 Å². The largest absolute Gasteiger partial charge is 0.506 e. The molecular weight excluding hydrogens is 671 g/mol. The lowest BCUT2D eigenvalue weighted by atomic mass is 10.1. The van der Waals surface area contributed by atoms with Crippen LogP contribution in [0.5, 0.6) is 11.5 Å². The van der Waals surface area contributed by atoms with Gasteiger partial charge in [0.2, 0.25) is 23.7 Å². The fourth-order valence-electron chi connectivity index (χ4n) is 5.15. The minimum Gasteiger partial charge on any atom is -0.506 e. The molecule has 4 amide bonds. The van der Waals surface area contributed by atoms with Crippen LogP contribution in [0.15, 0.2) is 53.2 Å². The lowest BCUT2D eigenvalue weighted by Crippen LogP contribution is -2.16. The third-order valence-corrected chi connectivity index (χ3v) is 9.38. The molecule has 0 radical (unpaired) electrons. The van der Waals surface area contributed by atoms with Crippen LogP contribution in [0, 0.1) is 13.8 Å². The second-order valence-corrected chi connectivity index (χ2v) is 12.7. The Labute approximate surface area is 285 Å². The number of imidazole rings is 2. The van der Waals surface area contributed by atoms with Crippen LogP contribution in [0.25, 0.3) is 22.1 Å². The summed E-state index contributed by atoms with van der Waals surface area (Å²) in [6, 6.07) is 7.44. The van der Waals surface area contributed by atoms with Gasteiger partial charge in [0.05, 0.1) is 23.0 Å². The number of hydrogen-bond donors (Lipinski definition) is 5. The highest BCUT2D eigenvalue weighted by Gasteiger charge is 2.22. The maximum Gasteiger partial charge on any atom is 0.286 e. The molecule has 0 saturated carbocycles. The van der Waals surface area contributed by atoms with Crippen LogP contribution in [0.3, 0.4) is 0 Å². The number of thiazole rings is 1. The summed E-state index contributed by atoms with van der Waals surface area (Å²) in [6.07, 6.45) is 3.54. The maximum absolute atomic E-state index is 13.1. The number of phenolic OH excluding ortho intramolecular Hbond substituents is 1. The predicted molar refractivity (Wildman–Crippen MR) is 186 cm³/mol. The number of aromatic hydroxyl groups is 1. The number of hydrogen-bond acceptors (Lipinski definition) is 11. The first-order valence-electron chi connectivity index (χ1n) is 14.6. The van der Waals surface area contributed by atoms with Gasteiger partial charge in [-0.15, -0.1) is 22.7 Å². The van der Waals surface area contributed by atoms with E-state index in [1.165, 1.54) is 54.0 Å². The summed E-state index contributed by atoms with van der Waals surface area (Å²) in [5, 5.41) is 20.3. The van der Waals surface area contributed by atoms with Crippen molar-refractivity contribution in [3.8, 4) is 11.5 Å². The first-order valence-corrected chi connectivity index (χ1v) is 16.4. The number of anilines is 2. The van der Waals surface area contributed by atoms with Crippen molar-refractivity contribution in [1.29, 1.82) is 0 Å². The van der Waals surface area contributed by atoms with Crippen LogP contribution in [0.4, 0.5) is 11.9 Å². The highest BCUT2D eigenvalue weighted by atomic mass is 32.1. The number of fused-ring (bicyclic) bond motifs is 2. The molecule has 0 unspecified atom stereocenters. The highest BCUT2D eigenvalue weighted by molar-refractivity contribution is 7.12. The molecule has 0 saturated heterocycles. The van der Waals surface area contributed by atoms with Gasteiger partial charge < -0.3 is 30.4 Å². The second-order valence-electron chi connectivity index (χ2n) is 10.9. The van der Waals surface area contributed by atoms with Crippen molar-refractivity contribution in [1.82, 2.24) is 24.1 Å². The molecular formula is C32H29N9O6S2. The smallest absolute Gasteiger partial charge is 0.286 e. The molecule has 6 rings (SSSR count). The Morgan fingerprint density at radius 2 is 1.41 bits per heavy atom. The van der Waals surface area contributed by atoms with Crippen molar-refractivity contribution in [3.63, 3.8) is 0 Å². The van der Waals surface area contributed by atoms with Crippen LogP contribution in [0.2, 0.25) is 0 Å². The first kappa shape index (κ1) is 32.9. The van der Waals surface area contributed by atoms with E-state index in [-0.39, 0.29) is 63.8 Å². The Hall–Kier alpha value is -6.07. The molecule has 0 bridgehead atoms. The zero-order valence-corrected chi connectivity index (χ0v) is 27.9. The van der Waals surface area contributed by atoms with Crippen molar-refractivity contribution in [2.24, 2.45) is 11.5 Å². The minimum absolute atomic E-state index is 0.0475. The summed E-state index contributed by atoms with van der Waals surface area (Å²) < 4.78 is 8.87. The van der Waals surface area contributed by atoms with Crippen molar-refractivity contribution in [2.75, 3.05) is 17.7 Å². The SMILES string of the molecule is COc1cc(C(N)=O)cc2nc(NC(=O)c3cc(C)cs3)n(C/C=C/Cn3c(NC(=O)c4nc(C)cs4)nc4cc(C(N)=O)cc(O)c43)c12. The zero-order valence-electron chi connectivity index (χ0n) is 26.3. The van der Waals surface area contributed by atoms with Gasteiger partial charge in [0.25, 0.3) is 11.8 Å². The number of phenols is 1. The Bertz CT molecular complexity index is 2330. The first-order chi connectivity index (χ1) is 23.4. The monoisotopic (exact) mass is 699 g/mol. The van der Waals surface area contributed by atoms with Gasteiger partial charge in [-0.1, -0.05) is 12.2 Å². The average molecular weight is 700 g/mol. The number of nitrogens with two attached hydrogens (primary N) is 2. The molecule has 49 heavy (non-hydrogen) atoms. The molecule has 0 aliphatic heterocycles. The molecule has 7 N–H and O–H groups in total. The number of primary amides is 2. The number of thiophene rings is 1. The molecule has 6 aromatic rings. The maximum atomic E-state index is 13.1. The van der Waals surface area contributed by atoms with E-state index in [2.05, 4.69) is 25.6 Å².